The van der Waals surface area contributed by atoms with Crippen LogP contribution in [0.2, 0.25) is 0 Å². The second kappa shape index (κ2) is 13.0. The molecule has 2 nitrogen and oxygen atoms in total. The van der Waals surface area contributed by atoms with Gasteiger partial charge in [0.2, 0.25) is 0 Å². The van der Waals surface area contributed by atoms with Crippen LogP contribution < -0.4 is 4.90 Å². The Hall–Kier alpha value is -7.16. The molecule has 0 fully saturated rings. The van der Waals surface area contributed by atoms with E-state index in [0.717, 1.165) is 50.1 Å². The van der Waals surface area contributed by atoms with E-state index >= 15 is 0 Å². The highest BCUT2D eigenvalue weighted by atomic mass is 16.3. The van der Waals surface area contributed by atoms with E-state index in [1.54, 1.807) is 0 Å². The van der Waals surface area contributed by atoms with Crippen LogP contribution in [0, 0.1) is 0 Å². The summed E-state index contributed by atoms with van der Waals surface area (Å²) in [6.45, 7) is 4.71. The molecule has 9 aromatic carbocycles. The van der Waals surface area contributed by atoms with Crippen LogP contribution >= 0.6 is 0 Å². The van der Waals surface area contributed by atoms with E-state index in [9.17, 15) is 0 Å². The molecule has 0 bridgehead atoms. The highest BCUT2D eigenvalue weighted by Gasteiger charge is 2.36. The van der Waals surface area contributed by atoms with Gasteiger partial charge in [0.1, 0.15) is 11.2 Å². The Bertz CT molecular complexity index is 3130. The van der Waals surface area contributed by atoms with Crippen LogP contribution in [0.25, 0.3) is 77.2 Å². The van der Waals surface area contributed by atoms with Gasteiger partial charge in [-0.2, -0.15) is 0 Å². The Morgan fingerprint density at radius 3 is 1.81 bits per heavy atom. The van der Waals surface area contributed by atoms with Gasteiger partial charge in [0.25, 0.3) is 0 Å². The van der Waals surface area contributed by atoms with Gasteiger partial charge in [-0.05, 0) is 103 Å². The molecule has 1 aliphatic rings. The molecule has 10 aromatic rings. The molecule has 270 valence electrons. The van der Waals surface area contributed by atoms with E-state index < -0.39 is 0 Å². The van der Waals surface area contributed by atoms with E-state index in [4.69, 9.17) is 4.42 Å². The maximum absolute atomic E-state index is 6.70. The zero-order chi connectivity index (χ0) is 38.1. The van der Waals surface area contributed by atoms with Gasteiger partial charge in [0, 0.05) is 38.8 Å². The zero-order valence-corrected chi connectivity index (χ0v) is 31.9. The molecule has 0 amide bonds. The van der Waals surface area contributed by atoms with Gasteiger partial charge in [0.15, 0.2) is 0 Å². The van der Waals surface area contributed by atoms with Crippen molar-refractivity contribution < 1.29 is 4.42 Å². The molecule has 1 aliphatic carbocycles. The predicted octanol–water partition coefficient (Wildman–Crippen LogP) is 15.5. The first-order valence-corrected chi connectivity index (χ1v) is 19.8. The predicted molar refractivity (Wildman–Crippen MR) is 240 cm³/mol. The summed E-state index contributed by atoms with van der Waals surface area (Å²) in [6, 6.07) is 72.7. The monoisotopic (exact) mass is 729 g/mol. The Morgan fingerprint density at radius 2 is 0.965 bits per heavy atom. The van der Waals surface area contributed by atoms with Crippen molar-refractivity contribution in [2.45, 2.75) is 19.3 Å². The van der Waals surface area contributed by atoms with Crippen LogP contribution in [-0.4, -0.2) is 0 Å². The summed E-state index contributed by atoms with van der Waals surface area (Å²) in [7, 11) is 0. The van der Waals surface area contributed by atoms with E-state index in [2.05, 4.69) is 213 Å². The average molecular weight is 730 g/mol. The van der Waals surface area contributed by atoms with Crippen LogP contribution in [0.1, 0.15) is 25.0 Å². The summed E-state index contributed by atoms with van der Waals surface area (Å²) in [5, 5.41) is 4.70. The zero-order valence-electron chi connectivity index (χ0n) is 31.9. The van der Waals surface area contributed by atoms with Crippen molar-refractivity contribution in [2.75, 3.05) is 4.90 Å². The summed E-state index contributed by atoms with van der Waals surface area (Å²) >= 11 is 0. The second-order valence-corrected chi connectivity index (χ2v) is 15.7. The minimum Gasteiger partial charge on any atom is -0.455 e. The number of fused-ring (bicyclic) bond motifs is 7. The molecule has 0 unspecified atom stereocenters. The number of para-hydroxylation sites is 1. The lowest BCUT2D eigenvalue weighted by molar-refractivity contribution is 0.660. The van der Waals surface area contributed by atoms with Crippen molar-refractivity contribution >= 4 is 49.8 Å². The van der Waals surface area contributed by atoms with Crippen molar-refractivity contribution in [1.29, 1.82) is 0 Å². The summed E-state index contributed by atoms with van der Waals surface area (Å²) in [5.41, 5.74) is 17.2. The highest BCUT2D eigenvalue weighted by molar-refractivity contribution is 6.12. The summed E-state index contributed by atoms with van der Waals surface area (Å²) in [4.78, 5) is 2.43. The molecule has 0 saturated carbocycles. The van der Waals surface area contributed by atoms with Crippen LogP contribution in [0.15, 0.2) is 205 Å². The quantitative estimate of drug-likeness (QED) is 0.169. The van der Waals surface area contributed by atoms with E-state index in [0.29, 0.717) is 0 Å². The molecule has 2 heteroatoms. The fraction of sp³-hybridized carbons (Fsp3) is 0.0545. The fourth-order valence-corrected chi connectivity index (χ4v) is 9.17. The number of hydrogen-bond donors (Lipinski definition) is 0. The molecule has 11 rings (SSSR count). The molecule has 0 radical (unpaired) electrons. The fourth-order valence-electron chi connectivity index (χ4n) is 9.17. The van der Waals surface area contributed by atoms with Crippen molar-refractivity contribution in [2.24, 2.45) is 0 Å². The van der Waals surface area contributed by atoms with Crippen molar-refractivity contribution in [3.05, 3.63) is 211 Å². The molecule has 0 saturated heterocycles. The summed E-state index contributed by atoms with van der Waals surface area (Å²) < 4.78 is 6.70. The SMILES string of the molecule is CC1(C)c2ccccc2-c2ccc(N(c3ccc(-c4cccc5ccccc45)cc3)c3cc(-c4ccc(-c5ccccc5)cc4)c4oc5ccccc5c4c3)cc21. The molecule has 1 heterocycles. The number of hydrogen-bond acceptors (Lipinski definition) is 2. The first kappa shape index (κ1) is 33.2. The molecule has 0 atom stereocenters. The first-order chi connectivity index (χ1) is 28.0. The Balaban J connectivity index is 1.12. The van der Waals surface area contributed by atoms with Gasteiger partial charge in [-0.3, -0.25) is 0 Å². The van der Waals surface area contributed by atoms with Crippen LogP contribution in [-0.2, 0) is 5.41 Å². The molecule has 0 N–H and O–H groups in total. The number of rotatable bonds is 6. The number of nitrogens with zero attached hydrogens (tertiary/aromatic N) is 1. The maximum Gasteiger partial charge on any atom is 0.143 e. The third-order valence-corrected chi connectivity index (χ3v) is 12.1. The molecular weight excluding hydrogens is 691 g/mol. The average Bonchev–Trinajstić information content (AvgIpc) is 3.75. The number of anilines is 3. The smallest absolute Gasteiger partial charge is 0.143 e. The molecule has 0 spiro atoms. The minimum absolute atomic E-state index is 0.137. The number of furan rings is 1. The van der Waals surface area contributed by atoms with Gasteiger partial charge in [-0.1, -0.05) is 172 Å². The third kappa shape index (κ3) is 5.40. The first-order valence-electron chi connectivity index (χ1n) is 19.8. The second-order valence-electron chi connectivity index (χ2n) is 15.7. The van der Waals surface area contributed by atoms with E-state index in [-0.39, 0.29) is 5.41 Å². The topological polar surface area (TPSA) is 16.4 Å². The van der Waals surface area contributed by atoms with Crippen molar-refractivity contribution in [3.8, 4) is 44.5 Å². The summed E-state index contributed by atoms with van der Waals surface area (Å²) in [6.07, 6.45) is 0. The molecular formula is C55H39NO. The lowest BCUT2D eigenvalue weighted by atomic mass is 9.82. The number of benzene rings is 9. The van der Waals surface area contributed by atoms with Crippen molar-refractivity contribution in [1.82, 2.24) is 0 Å². The third-order valence-electron chi connectivity index (χ3n) is 12.1. The van der Waals surface area contributed by atoms with Gasteiger partial charge >= 0.3 is 0 Å². The van der Waals surface area contributed by atoms with Gasteiger partial charge in [-0.25, -0.2) is 0 Å². The Morgan fingerprint density at radius 1 is 0.368 bits per heavy atom. The summed E-state index contributed by atoms with van der Waals surface area (Å²) in [5.74, 6) is 0. The highest BCUT2D eigenvalue weighted by Crippen LogP contribution is 2.51. The molecule has 0 aliphatic heterocycles. The molecule has 57 heavy (non-hydrogen) atoms. The van der Waals surface area contributed by atoms with Crippen molar-refractivity contribution in [3.63, 3.8) is 0 Å². The lowest BCUT2D eigenvalue weighted by Crippen LogP contribution is -2.16. The van der Waals surface area contributed by atoms with E-state index in [1.807, 2.05) is 6.07 Å². The van der Waals surface area contributed by atoms with Gasteiger partial charge in [-0.15, -0.1) is 0 Å². The van der Waals surface area contributed by atoms with E-state index in [1.165, 1.54) is 55.3 Å². The maximum atomic E-state index is 6.70. The van der Waals surface area contributed by atoms with Crippen LogP contribution in [0.5, 0.6) is 0 Å². The Labute approximate surface area is 332 Å². The van der Waals surface area contributed by atoms with Crippen LogP contribution in [0.4, 0.5) is 17.1 Å². The largest absolute Gasteiger partial charge is 0.455 e. The molecule has 1 aromatic heterocycles. The van der Waals surface area contributed by atoms with Gasteiger partial charge in [0.05, 0.1) is 0 Å². The standard InChI is InChI=1S/C55H39NO/c1-55(2)51-21-10-8-18-46(51)47-32-31-42(35-52(47)55)56(41-29-27-39(28-30-41)45-20-12-16-38-15-6-7-17-44(38)45)43-33-49(54-50(34-43)48-19-9-11-22-53(48)57-54)40-25-23-37(24-26-40)36-13-4-3-5-14-36/h3-35H,1-2H3. The normalized spacial score (nSPS) is 12.9. The van der Waals surface area contributed by atoms with Crippen LogP contribution in [0.3, 0.4) is 0 Å². The Kier molecular flexibility index (Phi) is 7.55. The lowest BCUT2D eigenvalue weighted by Gasteiger charge is -2.29. The van der Waals surface area contributed by atoms with Gasteiger partial charge < -0.3 is 9.32 Å². The minimum atomic E-state index is -0.137.